The number of amides is 1. The predicted octanol–water partition coefficient (Wildman–Crippen LogP) is 3.56. The standard InChI is InChI=1S/C20H17N3O3/c1-14-11-18(23-26-14)20(24)22-19(12-21)16-7-9-17(10-8-16)25-13-15-5-3-2-4-6-15/h2-11,19H,13H2,1H3,(H,22,24)/t19-/m0/s1. The molecule has 1 aromatic heterocycles. The number of hydrogen-bond acceptors (Lipinski definition) is 5. The third-order valence-electron chi connectivity index (χ3n) is 3.73. The lowest BCUT2D eigenvalue weighted by atomic mass is 10.1. The SMILES string of the molecule is Cc1cc(C(=O)N[C@@H](C#N)c2ccc(OCc3ccccc3)cc2)no1. The Bertz CT molecular complexity index is 911. The summed E-state index contributed by atoms with van der Waals surface area (Å²) < 4.78 is 10.6. The van der Waals surface area contributed by atoms with E-state index in [9.17, 15) is 10.1 Å². The zero-order valence-corrected chi connectivity index (χ0v) is 14.2. The molecule has 2 aromatic carbocycles. The van der Waals surface area contributed by atoms with Crippen LogP contribution >= 0.6 is 0 Å². The van der Waals surface area contributed by atoms with E-state index in [1.807, 2.05) is 30.3 Å². The molecule has 130 valence electrons. The molecule has 0 aliphatic carbocycles. The third kappa shape index (κ3) is 4.28. The highest BCUT2D eigenvalue weighted by atomic mass is 16.5. The number of benzene rings is 2. The van der Waals surface area contributed by atoms with Crippen LogP contribution < -0.4 is 10.1 Å². The highest BCUT2D eigenvalue weighted by Gasteiger charge is 2.17. The summed E-state index contributed by atoms with van der Waals surface area (Å²) in [7, 11) is 0. The van der Waals surface area contributed by atoms with Gasteiger partial charge in [0.1, 0.15) is 24.2 Å². The smallest absolute Gasteiger partial charge is 0.274 e. The van der Waals surface area contributed by atoms with Gasteiger partial charge in [0.05, 0.1) is 6.07 Å². The first-order valence-corrected chi connectivity index (χ1v) is 8.06. The molecule has 0 saturated carbocycles. The van der Waals surface area contributed by atoms with Crippen LogP contribution in [0.4, 0.5) is 0 Å². The van der Waals surface area contributed by atoms with Crippen LogP contribution in [0.1, 0.15) is 33.4 Å². The van der Waals surface area contributed by atoms with E-state index < -0.39 is 11.9 Å². The first-order valence-electron chi connectivity index (χ1n) is 8.06. The number of nitrogens with zero attached hydrogens (tertiary/aromatic N) is 2. The number of rotatable bonds is 6. The molecule has 0 spiro atoms. The van der Waals surface area contributed by atoms with Crippen molar-refractivity contribution in [1.82, 2.24) is 10.5 Å². The molecule has 0 aliphatic heterocycles. The molecular weight excluding hydrogens is 330 g/mol. The van der Waals surface area contributed by atoms with Crippen LogP contribution in [0, 0.1) is 18.3 Å². The lowest BCUT2D eigenvalue weighted by molar-refractivity contribution is 0.0936. The van der Waals surface area contributed by atoms with Crippen LogP contribution in [0.2, 0.25) is 0 Å². The van der Waals surface area contributed by atoms with E-state index in [1.165, 1.54) is 6.07 Å². The maximum absolute atomic E-state index is 12.1. The van der Waals surface area contributed by atoms with Gasteiger partial charge in [-0.1, -0.05) is 47.6 Å². The van der Waals surface area contributed by atoms with Crippen molar-refractivity contribution in [2.75, 3.05) is 0 Å². The fourth-order valence-electron chi connectivity index (χ4n) is 2.37. The zero-order chi connectivity index (χ0) is 18.4. The second-order valence-corrected chi connectivity index (χ2v) is 5.70. The van der Waals surface area contributed by atoms with Gasteiger partial charge in [0, 0.05) is 6.07 Å². The quantitative estimate of drug-likeness (QED) is 0.736. The molecule has 0 fully saturated rings. The Balaban J connectivity index is 1.62. The Morgan fingerprint density at radius 1 is 1.23 bits per heavy atom. The number of hydrogen-bond donors (Lipinski definition) is 1. The number of aryl methyl sites for hydroxylation is 1. The summed E-state index contributed by atoms with van der Waals surface area (Å²) in [6.07, 6.45) is 0. The van der Waals surface area contributed by atoms with Crippen LogP contribution in [0.5, 0.6) is 5.75 Å². The molecule has 0 radical (unpaired) electrons. The van der Waals surface area contributed by atoms with E-state index in [0.717, 1.165) is 5.56 Å². The van der Waals surface area contributed by atoms with Crippen LogP contribution in [0.15, 0.2) is 65.2 Å². The average Bonchev–Trinajstić information content (AvgIpc) is 3.12. The van der Waals surface area contributed by atoms with Crippen LogP contribution in [-0.4, -0.2) is 11.1 Å². The zero-order valence-electron chi connectivity index (χ0n) is 14.2. The van der Waals surface area contributed by atoms with Crippen molar-refractivity contribution >= 4 is 5.91 Å². The van der Waals surface area contributed by atoms with E-state index in [1.54, 1.807) is 31.2 Å². The molecule has 0 saturated heterocycles. The molecule has 1 amide bonds. The predicted molar refractivity (Wildman–Crippen MR) is 94.3 cm³/mol. The summed E-state index contributed by atoms with van der Waals surface area (Å²) >= 11 is 0. The van der Waals surface area contributed by atoms with E-state index in [2.05, 4.69) is 16.5 Å². The Morgan fingerprint density at radius 3 is 2.58 bits per heavy atom. The van der Waals surface area contributed by atoms with Crippen molar-refractivity contribution in [2.24, 2.45) is 0 Å². The second kappa shape index (κ2) is 7.99. The fraction of sp³-hybridized carbons (Fsp3) is 0.150. The molecule has 0 aliphatic rings. The van der Waals surface area contributed by atoms with Crippen molar-refractivity contribution in [1.29, 1.82) is 5.26 Å². The number of nitrogens with one attached hydrogen (secondary N) is 1. The number of carbonyl (C=O) groups excluding carboxylic acids is 1. The van der Waals surface area contributed by atoms with Crippen molar-refractivity contribution in [2.45, 2.75) is 19.6 Å². The van der Waals surface area contributed by atoms with Crippen molar-refractivity contribution in [3.05, 3.63) is 83.2 Å². The molecule has 0 bridgehead atoms. The molecule has 3 rings (SSSR count). The summed E-state index contributed by atoms with van der Waals surface area (Å²) in [6.45, 7) is 2.16. The minimum atomic E-state index is -0.789. The van der Waals surface area contributed by atoms with Gasteiger partial charge in [0.2, 0.25) is 0 Å². The van der Waals surface area contributed by atoms with E-state index in [-0.39, 0.29) is 5.69 Å². The monoisotopic (exact) mass is 347 g/mol. The lowest BCUT2D eigenvalue weighted by Gasteiger charge is -2.12. The number of carbonyl (C=O) groups is 1. The van der Waals surface area contributed by atoms with Gasteiger partial charge in [-0.3, -0.25) is 4.79 Å². The van der Waals surface area contributed by atoms with Gasteiger partial charge in [-0.15, -0.1) is 0 Å². The van der Waals surface area contributed by atoms with Crippen molar-refractivity contribution in [3.63, 3.8) is 0 Å². The van der Waals surface area contributed by atoms with Crippen molar-refractivity contribution < 1.29 is 14.1 Å². The topological polar surface area (TPSA) is 88.2 Å². The minimum absolute atomic E-state index is 0.144. The van der Waals surface area contributed by atoms with Gasteiger partial charge in [0.15, 0.2) is 5.69 Å². The molecular formula is C20H17N3O3. The van der Waals surface area contributed by atoms with Crippen molar-refractivity contribution in [3.8, 4) is 11.8 Å². The average molecular weight is 347 g/mol. The van der Waals surface area contributed by atoms with Gasteiger partial charge in [-0.05, 0) is 30.2 Å². The molecule has 1 atom stereocenters. The van der Waals surface area contributed by atoms with Gasteiger partial charge < -0.3 is 14.6 Å². The molecule has 6 nitrogen and oxygen atoms in total. The number of ether oxygens (including phenoxy) is 1. The number of aromatic nitrogens is 1. The van der Waals surface area contributed by atoms with E-state index >= 15 is 0 Å². The molecule has 3 aromatic rings. The highest BCUT2D eigenvalue weighted by Crippen LogP contribution is 2.19. The Morgan fingerprint density at radius 2 is 1.96 bits per heavy atom. The molecule has 6 heteroatoms. The first-order chi connectivity index (χ1) is 12.7. The van der Waals surface area contributed by atoms with Gasteiger partial charge in [0.25, 0.3) is 5.91 Å². The maximum atomic E-state index is 12.1. The van der Waals surface area contributed by atoms with Gasteiger partial charge >= 0.3 is 0 Å². The second-order valence-electron chi connectivity index (χ2n) is 5.70. The Labute approximate surface area is 151 Å². The summed E-state index contributed by atoms with van der Waals surface area (Å²) in [5, 5.41) is 15.6. The molecule has 1 heterocycles. The van der Waals surface area contributed by atoms with Crippen LogP contribution in [0.25, 0.3) is 0 Å². The fourth-order valence-corrected chi connectivity index (χ4v) is 2.37. The Hall–Kier alpha value is -3.59. The van der Waals surface area contributed by atoms with Crippen LogP contribution in [-0.2, 0) is 6.61 Å². The molecule has 26 heavy (non-hydrogen) atoms. The summed E-state index contributed by atoms with van der Waals surface area (Å²) in [5.74, 6) is 0.758. The third-order valence-corrected chi connectivity index (χ3v) is 3.73. The maximum Gasteiger partial charge on any atom is 0.274 e. The van der Waals surface area contributed by atoms with E-state index in [4.69, 9.17) is 9.26 Å². The van der Waals surface area contributed by atoms with E-state index in [0.29, 0.717) is 23.7 Å². The molecule has 1 N–H and O–H groups in total. The highest BCUT2D eigenvalue weighted by molar-refractivity contribution is 5.92. The summed E-state index contributed by atoms with van der Waals surface area (Å²) in [6, 6.07) is 19.7. The normalized spacial score (nSPS) is 11.4. The van der Waals surface area contributed by atoms with Crippen LogP contribution in [0.3, 0.4) is 0 Å². The first kappa shape index (κ1) is 17.2. The minimum Gasteiger partial charge on any atom is -0.489 e. The Kier molecular flexibility index (Phi) is 5.30. The largest absolute Gasteiger partial charge is 0.489 e. The lowest BCUT2D eigenvalue weighted by Crippen LogP contribution is -2.27. The van der Waals surface area contributed by atoms with Gasteiger partial charge in [-0.2, -0.15) is 5.26 Å². The van der Waals surface area contributed by atoms with Gasteiger partial charge in [-0.25, -0.2) is 0 Å². The summed E-state index contributed by atoms with van der Waals surface area (Å²) in [5.41, 5.74) is 1.88. The summed E-state index contributed by atoms with van der Waals surface area (Å²) in [4.78, 5) is 12.1. The molecule has 0 unspecified atom stereocenters. The number of nitriles is 1.